The maximum atomic E-state index is 6.26. The molecule has 108 valence electrons. The van der Waals surface area contributed by atoms with Gasteiger partial charge in [0, 0.05) is 12.1 Å². The fraction of sp³-hybridized carbons (Fsp3) is 0.625. The highest BCUT2D eigenvalue weighted by atomic mass is 35.5. The van der Waals surface area contributed by atoms with Gasteiger partial charge in [-0.15, -0.1) is 0 Å². The average Bonchev–Trinajstić information content (AvgIpc) is 2.33. The van der Waals surface area contributed by atoms with Crippen LogP contribution in [0.5, 0.6) is 5.75 Å². The third-order valence-electron chi connectivity index (χ3n) is 2.93. The van der Waals surface area contributed by atoms with E-state index in [0.29, 0.717) is 10.9 Å². The molecule has 1 rings (SSSR count). The summed E-state index contributed by atoms with van der Waals surface area (Å²) in [6, 6.07) is 5.95. The van der Waals surface area contributed by atoms with Gasteiger partial charge >= 0.3 is 0 Å². The molecule has 0 radical (unpaired) electrons. The highest BCUT2D eigenvalue weighted by molar-refractivity contribution is 6.32. The van der Waals surface area contributed by atoms with Gasteiger partial charge in [0.2, 0.25) is 0 Å². The maximum absolute atomic E-state index is 6.26. The number of ether oxygens (including phenoxy) is 1. The molecule has 0 aliphatic rings. The number of hydrogen-bond acceptors (Lipinski definition) is 2. The van der Waals surface area contributed by atoms with Gasteiger partial charge in [0.15, 0.2) is 0 Å². The minimum atomic E-state index is 0.203. The Bertz CT molecular complexity index is 379. The van der Waals surface area contributed by atoms with E-state index in [1.807, 2.05) is 12.1 Å². The zero-order valence-electron chi connectivity index (χ0n) is 12.5. The Morgan fingerprint density at radius 1 is 1.26 bits per heavy atom. The molecule has 19 heavy (non-hydrogen) atoms. The fourth-order valence-electron chi connectivity index (χ4n) is 1.99. The van der Waals surface area contributed by atoms with E-state index in [2.05, 4.69) is 39.1 Å². The first-order valence-corrected chi connectivity index (χ1v) is 7.57. The van der Waals surface area contributed by atoms with Crippen molar-refractivity contribution >= 4 is 11.6 Å². The Balaban J connectivity index is 2.71. The smallest absolute Gasteiger partial charge is 0.142 e. The van der Waals surface area contributed by atoms with Crippen molar-refractivity contribution in [2.45, 2.75) is 53.2 Å². The first-order valence-electron chi connectivity index (χ1n) is 7.19. The Kier molecular flexibility index (Phi) is 7.25. The summed E-state index contributed by atoms with van der Waals surface area (Å²) in [6.07, 6.45) is 2.37. The molecule has 0 aliphatic heterocycles. The van der Waals surface area contributed by atoms with E-state index in [-0.39, 0.29) is 6.10 Å². The van der Waals surface area contributed by atoms with E-state index in [9.17, 15) is 0 Å². The Morgan fingerprint density at radius 2 is 2.00 bits per heavy atom. The van der Waals surface area contributed by atoms with Crippen LogP contribution in [0.25, 0.3) is 0 Å². The summed E-state index contributed by atoms with van der Waals surface area (Å²) in [7, 11) is 0. The summed E-state index contributed by atoms with van der Waals surface area (Å²) < 4.78 is 6.00. The SMILES string of the molecule is CCCC(C)Oc1c(Cl)cccc1CNCC(C)C. The molecule has 1 atom stereocenters. The minimum absolute atomic E-state index is 0.203. The summed E-state index contributed by atoms with van der Waals surface area (Å²) in [4.78, 5) is 0. The Morgan fingerprint density at radius 3 is 2.63 bits per heavy atom. The molecule has 0 saturated carbocycles. The maximum Gasteiger partial charge on any atom is 0.142 e. The highest BCUT2D eigenvalue weighted by Gasteiger charge is 2.11. The standard InChI is InChI=1S/C16H26ClNO/c1-5-7-13(4)19-16-14(8-6-9-15(16)17)11-18-10-12(2)3/h6,8-9,12-13,18H,5,7,10-11H2,1-4H3. The van der Waals surface area contributed by atoms with Gasteiger partial charge in [-0.3, -0.25) is 0 Å². The summed E-state index contributed by atoms with van der Waals surface area (Å²) in [6.45, 7) is 10.5. The second-order valence-corrected chi connectivity index (χ2v) is 5.88. The van der Waals surface area contributed by atoms with Crippen molar-refractivity contribution in [2.75, 3.05) is 6.54 Å². The van der Waals surface area contributed by atoms with Gasteiger partial charge in [-0.1, -0.05) is 50.9 Å². The summed E-state index contributed by atoms with van der Waals surface area (Å²) in [5.74, 6) is 1.48. The minimum Gasteiger partial charge on any atom is -0.489 e. The van der Waals surface area contributed by atoms with Crippen molar-refractivity contribution in [1.82, 2.24) is 5.32 Å². The average molecular weight is 284 g/mol. The lowest BCUT2D eigenvalue weighted by Crippen LogP contribution is -2.20. The molecule has 0 amide bonds. The second-order valence-electron chi connectivity index (χ2n) is 5.47. The van der Waals surface area contributed by atoms with Crippen LogP contribution in [-0.2, 0) is 6.54 Å². The molecule has 0 aromatic heterocycles. The van der Waals surface area contributed by atoms with Crippen molar-refractivity contribution < 1.29 is 4.74 Å². The van der Waals surface area contributed by atoms with E-state index in [1.165, 1.54) is 0 Å². The molecule has 0 fully saturated rings. The lowest BCUT2D eigenvalue weighted by Gasteiger charge is -2.19. The van der Waals surface area contributed by atoms with Crippen LogP contribution in [-0.4, -0.2) is 12.6 Å². The molecule has 0 saturated heterocycles. The quantitative estimate of drug-likeness (QED) is 0.750. The molecular weight excluding hydrogens is 258 g/mol. The predicted molar refractivity (Wildman–Crippen MR) is 83.0 cm³/mol. The second kappa shape index (κ2) is 8.44. The van der Waals surface area contributed by atoms with E-state index >= 15 is 0 Å². The van der Waals surface area contributed by atoms with E-state index in [4.69, 9.17) is 16.3 Å². The summed E-state index contributed by atoms with van der Waals surface area (Å²) in [5.41, 5.74) is 1.14. The van der Waals surface area contributed by atoms with Crippen molar-refractivity contribution in [1.29, 1.82) is 0 Å². The Labute approximate surface area is 122 Å². The van der Waals surface area contributed by atoms with Crippen LogP contribution >= 0.6 is 11.6 Å². The lowest BCUT2D eigenvalue weighted by atomic mass is 10.1. The molecular formula is C16H26ClNO. The van der Waals surface area contributed by atoms with Crippen molar-refractivity contribution in [2.24, 2.45) is 5.92 Å². The highest BCUT2D eigenvalue weighted by Crippen LogP contribution is 2.30. The molecule has 0 aliphatic carbocycles. The molecule has 1 aromatic rings. The van der Waals surface area contributed by atoms with E-state index in [0.717, 1.165) is 37.2 Å². The molecule has 1 N–H and O–H groups in total. The molecule has 1 aromatic carbocycles. The van der Waals surface area contributed by atoms with Crippen LogP contribution in [0.4, 0.5) is 0 Å². The molecule has 0 spiro atoms. The molecule has 0 bridgehead atoms. The summed E-state index contributed by atoms with van der Waals surface area (Å²) >= 11 is 6.26. The fourth-order valence-corrected chi connectivity index (χ4v) is 2.23. The third kappa shape index (κ3) is 5.84. The number of rotatable bonds is 8. The van der Waals surface area contributed by atoms with E-state index < -0.39 is 0 Å². The summed E-state index contributed by atoms with van der Waals surface area (Å²) in [5, 5.41) is 4.14. The number of hydrogen-bond donors (Lipinski definition) is 1. The van der Waals surface area contributed by atoms with Crippen LogP contribution in [0.2, 0.25) is 5.02 Å². The van der Waals surface area contributed by atoms with Crippen molar-refractivity contribution in [3.05, 3.63) is 28.8 Å². The monoisotopic (exact) mass is 283 g/mol. The zero-order chi connectivity index (χ0) is 14.3. The van der Waals surface area contributed by atoms with Gasteiger partial charge in [0.25, 0.3) is 0 Å². The number of para-hydroxylation sites is 1. The van der Waals surface area contributed by atoms with E-state index in [1.54, 1.807) is 0 Å². The van der Waals surface area contributed by atoms with Gasteiger partial charge in [-0.2, -0.15) is 0 Å². The molecule has 0 heterocycles. The lowest BCUT2D eigenvalue weighted by molar-refractivity contribution is 0.207. The number of halogens is 1. The van der Waals surface area contributed by atoms with Crippen LogP contribution in [0.3, 0.4) is 0 Å². The first kappa shape index (κ1) is 16.3. The van der Waals surface area contributed by atoms with Crippen LogP contribution < -0.4 is 10.1 Å². The third-order valence-corrected chi connectivity index (χ3v) is 3.23. The predicted octanol–water partition coefficient (Wildman–Crippen LogP) is 4.65. The van der Waals surface area contributed by atoms with Gasteiger partial charge in [-0.25, -0.2) is 0 Å². The van der Waals surface area contributed by atoms with Gasteiger partial charge < -0.3 is 10.1 Å². The first-order chi connectivity index (χ1) is 9.04. The van der Waals surface area contributed by atoms with Crippen molar-refractivity contribution in [3.8, 4) is 5.75 Å². The molecule has 1 unspecified atom stereocenters. The number of benzene rings is 1. The van der Waals surface area contributed by atoms with Gasteiger partial charge in [0.05, 0.1) is 11.1 Å². The number of nitrogens with one attached hydrogen (secondary N) is 1. The van der Waals surface area contributed by atoms with Crippen molar-refractivity contribution in [3.63, 3.8) is 0 Å². The normalized spacial score (nSPS) is 12.7. The molecule has 2 nitrogen and oxygen atoms in total. The van der Waals surface area contributed by atoms with Crippen LogP contribution in [0, 0.1) is 5.92 Å². The van der Waals surface area contributed by atoms with Gasteiger partial charge in [0.1, 0.15) is 5.75 Å². The van der Waals surface area contributed by atoms with Crippen LogP contribution in [0.15, 0.2) is 18.2 Å². The van der Waals surface area contributed by atoms with Crippen LogP contribution in [0.1, 0.15) is 46.1 Å². The topological polar surface area (TPSA) is 21.3 Å². The molecule has 3 heteroatoms. The Hall–Kier alpha value is -0.730. The largest absolute Gasteiger partial charge is 0.489 e. The van der Waals surface area contributed by atoms with Gasteiger partial charge in [-0.05, 0) is 31.9 Å². The zero-order valence-corrected chi connectivity index (χ0v) is 13.3.